The van der Waals surface area contributed by atoms with E-state index in [4.69, 9.17) is 33.6 Å². The molecule has 9 atom stereocenters. The van der Waals surface area contributed by atoms with E-state index < -0.39 is 95.8 Å². The zero-order valence-electron chi connectivity index (χ0n) is 35.2. The lowest BCUT2D eigenvalue weighted by Crippen LogP contribution is -2.71. The molecular formula is C46H55N3O13. The molecule has 4 aliphatic rings. The van der Waals surface area contributed by atoms with E-state index >= 15 is 4.79 Å². The minimum Gasteiger partial charge on any atom is -0.499 e. The fourth-order valence-corrected chi connectivity index (χ4v) is 8.78. The number of benzene rings is 3. The fourth-order valence-electron chi connectivity index (χ4n) is 8.78. The molecule has 5 N–H and O–H groups in total. The van der Waals surface area contributed by atoms with Crippen LogP contribution in [0.2, 0.25) is 0 Å². The van der Waals surface area contributed by atoms with E-state index in [2.05, 4.69) is 10.6 Å². The van der Waals surface area contributed by atoms with Crippen LogP contribution in [-0.4, -0.2) is 118 Å². The topological polar surface area (TPSA) is 212 Å². The minimum atomic E-state index is -1.73. The van der Waals surface area contributed by atoms with Gasteiger partial charge in [-0.1, -0.05) is 84.9 Å². The average Bonchev–Trinajstić information content (AvgIpc) is 3.83. The SMILES string of the molecule is C[C@H](O)[C@@H](NC(=O)[C@@]12C[C@H]3OC(=O)[C@@H]1N(Cc1cccc(C=COCCO)c1)O[C@@H]2[C@H]1OC(c2ccccc2)(c2ccccc2)O[C@H]13)C(=O)N[C@H](CO)CCC(=O)OC(C)(C)C. The number of hydrogen-bond acceptors (Lipinski definition) is 14. The zero-order valence-corrected chi connectivity index (χ0v) is 35.2. The smallest absolute Gasteiger partial charge is 0.327 e. The summed E-state index contributed by atoms with van der Waals surface area (Å²) in [7, 11) is 0. The third kappa shape index (κ3) is 9.13. The van der Waals surface area contributed by atoms with Crippen LogP contribution in [0, 0.1) is 5.41 Å². The van der Waals surface area contributed by atoms with Gasteiger partial charge in [-0.2, -0.15) is 5.06 Å². The summed E-state index contributed by atoms with van der Waals surface area (Å²) in [6, 6.07) is 22.2. The molecule has 1 saturated carbocycles. The monoisotopic (exact) mass is 857 g/mol. The molecule has 16 nitrogen and oxygen atoms in total. The van der Waals surface area contributed by atoms with E-state index in [0.717, 1.165) is 5.56 Å². The van der Waals surface area contributed by atoms with Gasteiger partial charge in [-0.25, -0.2) is 0 Å². The second-order valence-corrected chi connectivity index (χ2v) is 17.1. The Morgan fingerprint density at radius 3 is 2.26 bits per heavy atom. The molecule has 0 unspecified atom stereocenters. The second kappa shape index (κ2) is 18.6. The Kier molecular flexibility index (Phi) is 13.5. The molecule has 332 valence electrons. The highest BCUT2D eigenvalue weighted by Gasteiger charge is 2.76. The first-order valence-corrected chi connectivity index (χ1v) is 20.9. The molecule has 3 heterocycles. The molecule has 16 heteroatoms. The van der Waals surface area contributed by atoms with Gasteiger partial charge in [0.2, 0.25) is 17.6 Å². The first-order chi connectivity index (χ1) is 29.7. The summed E-state index contributed by atoms with van der Waals surface area (Å²) in [5.74, 6) is -4.33. The molecule has 3 aromatic rings. The van der Waals surface area contributed by atoms with Crippen LogP contribution < -0.4 is 10.6 Å². The molecule has 62 heavy (non-hydrogen) atoms. The molecule has 0 radical (unpaired) electrons. The van der Waals surface area contributed by atoms with E-state index in [1.54, 1.807) is 26.8 Å². The zero-order chi connectivity index (χ0) is 44.2. The summed E-state index contributed by atoms with van der Waals surface area (Å²) in [5, 5.41) is 37.0. The maximum atomic E-state index is 15.2. The van der Waals surface area contributed by atoms with Crippen LogP contribution in [0.4, 0.5) is 0 Å². The second-order valence-electron chi connectivity index (χ2n) is 17.1. The van der Waals surface area contributed by atoms with E-state index in [9.17, 15) is 24.6 Å². The van der Waals surface area contributed by atoms with Gasteiger partial charge in [0.15, 0.2) is 6.04 Å². The molecular weight excluding hydrogens is 803 g/mol. The molecule has 3 saturated heterocycles. The van der Waals surface area contributed by atoms with E-state index in [-0.39, 0.29) is 39.0 Å². The number of ether oxygens (including phenoxy) is 5. The first-order valence-electron chi connectivity index (χ1n) is 20.9. The Bertz CT molecular complexity index is 2050. The van der Waals surface area contributed by atoms with Crippen LogP contribution in [0.25, 0.3) is 6.08 Å². The van der Waals surface area contributed by atoms with Gasteiger partial charge in [0.25, 0.3) is 0 Å². The summed E-state index contributed by atoms with van der Waals surface area (Å²) < 4.78 is 30.8. The third-order valence-corrected chi connectivity index (χ3v) is 11.5. The predicted octanol–water partition coefficient (Wildman–Crippen LogP) is 2.62. The number of esters is 2. The molecule has 2 bridgehead atoms. The van der Waals surface area contributed by atoms with Crippen LogP contribution >= 0.6 is 0 Å². The Morgan fingerprint density at radius 2 is 1.63 bits per heavy atom. The maximum absolute atomic E-state index is 15.2. The summed E-state index contributed by atoms with van der Waals surface area (Å²) in [4.78, 5) is 62.7. The lowest BCUT2D eigenvalue weighted by molar-refractivity contribution is -0.213. The van der Waals surface area contributed by atoms with Crippen LogP contribution in [0.15, 0.2) is 91.2 Å². The quantitative estimate of drug-likeness (QED) is 0.0751. The van der Waals surface area contributed by atoms with Gasteiger partial charge >= 0.3 is 11.9 Å². The third-order valence-electron chi connectivity index (χ3n) is 11.5. The molecule has 0 aromatic heterocycles. The number of carbonyl (C=O) groups excluding carboxylic acids is 4. The number of nitrogens with one attached hydrogen (secondary N) is 2. The van der Waals surface area contributed by atoms with Gasteiger partial charge in [-0.15, -0.1) is 0 Å². The fraction of sp³-hybridized carbons (Fsp3) is 0.478. The number of aliphatic hydroxyl groups is 3. The standard InChI is InChI=1S/C46H55N3O13/c1-28(52)36(41(54)47-33(27-51)18-19-35(53)59-44(2,3)4)48-43(56)45-25-34-37-38(61-46(60-37,31-14-7-5-8-15-31)32-16-9-6-10-17-32)40(45)62-49(39(45)42(55)58-34)26-30-13-11-12-29(24-30)20-22-57-23-21-50/h5-17,20,22,24,28,33-34,36-40,50-52H,18-19,21,23,25-27H2,1-4H3,(H,47,54)(H,48,56)/t28-,33-,34+,36+,37-,38-,39-,40+,45-/m0/s1. The van der Waals surface area contributed by atoms with Gasteiger partial charge in [0.1, 0.15) is 48.1 Å². The lowest BCUT2D eigenvalue weighted by atomic mass is 9.62. The number of amides is 2. The Labute approximate surface area is 360 Å². The number of nitrogens with zero attached hydrogens (tertiary/aromatic N) is 1. The van der Waals surface area contributed by atoms with Crippen molar-refractivity contribution in [1.82, 2.24) is 15.7 Å². The van der Waals surface area contributed by atoms with Gasteiger partial charge in [-0.05, 0) is 51.3 Å². The normalized spacial score (nSPS) is 26.5. The molecule has 2 amide bonds. The first kappa shape index (κ1) is 44.8. The number of aliphatic hydroxyl groups excluding tert-OH is 3. The van der Waals surface area contributed by atoms with Crippen LogP contribution in [0.1, 0.15) is 69.2 Å². The van der Waals surface area contributed by atoms with E-state index in [1.165, 1.54) is 18.2 Å². The van der Waals surface area contributed by atoms with Gasteiger partial charge in [0.05, 0.1) is 38.2 Å². The Balaban J connectivity index is 1.22. The highest BCUT2D eigenvalue weighted by Crippen LogP contribution is 2.59. The van der Waals surface area contributed by atoms with Crippen molar-refractivity contribution in [3.8, 4) is 0 Å². The summed E-state index contributed by atoms with van der Waals surface area (Å²) in [6.45, 7) is 6.00. The molecule has 0 spiro atoms. The van der Waals surface area contributed by atoms with Crippen molar-refractivity contribution in [3.05, 3.63) is 113 Å². The van der Waals surface area contributed by atoms with Crippen LogP contribution in [-0.2, 0) is 60.0 Å². The Morgan fingerprint density at radius 1 is 0.952 bits per heavy atom. The minimum absolute atomic E-state index is 0.0199. The van der Waals surface area contributed by atoms with Crippen molar-refractivity contribution in [2.24, 2.45) is 5.41 Å². The highest BCUT2D eigenvalue weighted by molar-refractivity contribution is 5.96. The van der Waals surface area contributed by atoms with Crippen molar-refractivity contribution in [1.29, 1.82) is 0 Å². The van der Waals surface area contributed by atoms with Crippen molar-refractivity contribution in [2.45, 2.75) is 114 Å². The van der Waals surface area contributed by atoms with Gasteiger partial charge < -0.3 is 49.6 Å². The summed E-state index contributed by atoms with van der Waals surface area (Å²) in [5.41, 5.74) is 0.340. The van der Waals surface area contributed by atoms with Crippen molar-refractivity contribution < 1.29 is 63.0 Å². The largest absolute Gasteiger partial charge is 0.499 e. The van der Waals surface area contributed by atoms with E-state index in [1.807, 2.05) is 84.9 Å². The predicted molar refractivity (Wildman–Crippen MR) is 221 cm³/mol. The van der Waals surface area contributed by atoms with Crippen LogP contribution in [0.3, 0.4) is 0 Å². The summed E-state index contributed by atoms with van der Waals surface area (Å²) >= 11 is 0. The van der Waals surface area contributed by atoms with E-state index in [0.29, 0.717) is 16.7 Å². The summed E-state index contributed by atoms with van der Waals surface area (Å²) in [6.07, 6.45) is -2.45. The van der Waals surface area contributed by atoms with Gasteiger partial charge in [0, 0.05) is 24.0 Å². The number of fused-ring (bicyclic) bond motifs is 4. The average molecular weight is 858 g/mol. The molecule has 1 aliphatic carbocycles. The van der Waals surface area contributed by atoms with Gasteiger partial charge in [-0.3, -0.25) is 24.0 Å². The van der Waals surface area contributed by atoms with Crippen molar-refractivity contribution >= 4 is 29.8 Å². The number of hydrogen-bond donors (Lipinski definition) is 5. The molecule has 3 aliphatic heterocycles. The highest BCUT2D eigenvalue weighted by atomic mass is 16.8. The molecule has 4 fully saturated rings. The van der Waals surface area contributed by atoms with Crippen LogP contribution in [0.5, 0.6) is 0 Å². The Hall–Kier alpha value is -5.20. The number of hydroxylamine groups is 2. The number of carbonyl (C=O) groups is 4. The van der Waals surface area contributed by atoms with Crippen molar-refractivity contribution in [2.75, 3.05) is 19.8 Å². The number of rotatable bonds is 17. The maximum Gasteiger partial charge on any atom is 0.327 e. The molecule has 7 rings (SSSR count). The molecule has 3 aromatic carbocycles. The lowest BCUT2D eigenvalue weighted by Gasteiger charge is -2.49. The van der Waals surface area contributed by atoms with Crippen molar-refractivity contribution in [3.63, 3.8) is 0 Å².